The summed E-state index contributed by atoms with van der Waals surface area (Å²) in [7, 11) is 1.31. The first-order valence-corrected chi connectivity index (χ1v) is 9.40. The van der Waals surface area contributed by atoms with Crippen LogP contribution in [0.3, 0.4) is 0 Å². The molecule has 9 nitrogen and oxygen atoms in total. The molecule has 4 heterocycles. The van der Waals surface area contributed by atoms with Crippen molar-refractivity contribution >= 4 is 17.7 Å². The van der Waals surface area contributed by atoms with Crippen molar-refractivity contribution in [3.63, 3.8) is 0 Å². The Balaban J connectivity index is 1.50. The number of rotatable bonds is 3. The largest absolute Gasteiger partial charge is 0.464 e. The van der Waals surface area contributed by atoms with Gasteiger partial charge in [-0.15, -0.1) is 5.10 Å². The molecule has 2 aliphatic heterocycles. The summed E-state index contributed by atoms with van der Waals surface area (Å²) in [4.78, 5) is 31.2. The normalized spacial score (nSPS) is 17.0. The van der Waals surface area contributed by atoms with Crippen LogP contribution in [-0.2, 0) is 22.4 Å². The van der Waals surface area contributed by atoms with E-state index in [-0.39, 0.29) is 11.6 Å². The first-order chi connectivity index (χ1) is 13.7. The van der Waals surface area contributed by atoms with Crippen molar-refractivity contribution in [2.75, 3.05) is 44.9 Å². The average Bonchev–Trinajstić information content (AvgIpc) is 3.07. The minimum absolute atomic E-state index is 0.151. The monoisotopic (exact) mass is 385 g/mol. The van der Waals surface area contributed by atoms with E-state index in [0.717, 1.165) is 43.2 Å². The van der Waals surface area contributed by atoms with Gasteiger partial charge in [-0.25, -0.2) is 4.79 Å². The Bertz CT molecular complexity index is 873. The summed E-state index contributed by atoms with van der Waals surface area (Å²) in [6.45, 7) is 4.14. The van der Waals surface area contributed by atoms with Crippen molar-refractivity contribution in [2.45, 2.75) is 19.4 Å². The number of ether oxygens (including phenoxy) is 2. The molecule has 148 valence electrons. The predicted molar refractivity (Wildman–Crippen MR) is 100 cm³/mol. The molecule has 1 saturated heterocycles. The van der Waals surface area contributed by atoms with Crippen LogP contribution in [0.4, 0.5) is 5.82 Å². The molecule has 0 spiro atoms. The summed E-state index contributed by atoms with van der Waals surface area (Å²) >= 11 is 0. The van der Waals surface area contributed by atoms with Crippen molar-refractivity contribution in [1.82, 2.24) is 20.1 Å². The van der Waals surface area contributed by atoms with Crippen molar-refractivity contribution < 1.29 is 19.1 Å². The summed E-state index contributed by atoms with van der Waals surface area (Å²) in [5, 5.41) is 8.77. The van der Waals surface area contributed by atoms with Crippen LogP contribution in [0, 0.1) is 0 Å². The van der Waals surface area contributed by atoms with E-state index in [1.807, 2.05) is 6.07 Å². The highest BCUT2D eigenvalue weighted by Crippen LogP contribution is 2.23. The van der Waals surface area contributed by atoms with E-state index in [4.69, 9.17) is 4.74 Å². The zero-order chi connectivity index (χ0) is 19.5. The van der Waals surface area contributed by atoms with Gasteiger partial charge in [-0.1, -0.05) is 0 Å². The van der Waals surface area contributed by atoms with Gasteiger partial charge in [0, 0.05) is 39.2 Å². The van der Waals surface area contributed by atoms with Crippen molar-refractivity contribution in [3.05, 3.63) is 40.8 Å². The molecular formula is C19H23N5O4. The highest BCUT2D eigenvalue weighted by atomic mass is 16.5. The van der Waals surface area contributed by atoms with Crippen molar-refractivity contribution in [2.24, 2.45) is 0 Å². The van der Waals surface area contributed by atoms with Gasteiger partial charge in [-0.2, -0.15) is 5.10 Å². The summed E-state index contributed by atoms with van der Waals surface area (Å²) in [5.74, 6) is 0.179. The Hall–Kier alpha value is -2.94. The van der Waals surface area contributed by atoms with E-state index < -0.39 is 5.97 Å². The Labute approximate surface area is 162 Å². The van der Waals surface area contributed by atoms with E-state index in [9.17, 15) is 9.59 Å². The number of amides is 1. The Morgan fingerprint density at radius 3 is 2.86 bits per heavy atom. The molecule has 2 aromatic heterocycles. The highest BCUT2D eigenvalue weighted by molar-refractivity contribution is 5.95. The summed E-state index contributed by atoms with van der Waals surface area (Å²) in [5.41, 5.74) is 2.57. The minimum atomic E-state index is -0.496. The maximum atomic E-state index is 12.8. The quantitative estimate of drug-likeness (QED) is 0.787. The third-order valence-corrected chi connectivity index (χ3v) is 5.08. The molecule has 28 heavy (non-hydrogen) atoms. The van der Waals surface area contributed by atoms with Gasteiger partial charge in [-0.3, -0.25) is 4.79 Å². The van der Waals surface area contributed by atoms with Crippen LogP contribution in [0.5, 0.6) is 0 Å². The molecule has 0 unspecified atom stereocenters. The lowest BCUT2D eigenvalue weighted by molar-refractivity contribution is 0.0594. The fourth-order valence-electron chi connectivity index (χ4n) is 3.54. The van der Waals surface area contributed by atoms with Crippen molar-refractivity contribution in [3.8, 4) is 0 Å². The lowest BCUT2D eigenvalue weighted by atomic mass is 10.1. The number of methoxy groups -OCH3 is 1. The Kier molecular flexibility index (Phi) is 5.25. The van der Waals surface area contributed by atoms with E-state index >= 15 is 0 Å². The zero-order valence-corrected chi connectivity index (χ0v) is 15.8. The van der Waals surface area contributed by atoms with E-state index in [0.29, 0.717) is 31.8 Å². The molecule has 1 fully saturated rings. The third-order valence-electron chi connectivity index (χ3n) is 5.08. The fraction of sp³-hybridized carbons (Fsp3) is 0.474. The number of nitrogens with one attached hydrogen (secondary N) is 1. The lowest BCUT2D eigenvalue weighted by Gasteiger charge is -2.29. The Morgan fingerprint density at radius 1 is 1.14 bits per heavy atom. The smallest absolute Gasteiger partial charge is 0.354 e. The van der Waals surface area contributed by atoms with Crippen LogP contribution in [-0.4, -0.2) is 71.9 Å². The molecule has 0 aliphatic carbocycles. The molecule has 1 N–H and O–H groups in total. The second kappa shape index (κ2) is 7.97. The summed E-state index contributed by atoms with van der Waals surface area (Å²) in [6.07, 6.45) is 1.61. The van der Waals surface area contributed by atoms with Gasteiger partial charge in [0.2, 0.25) is 0 Å². The molecule has 0 bridgehead atoms. The standard InChI is InChI=1S/C19H23N5O4/c1-27-19(26)16-4-3-15(20-16)18(25)24-7-5-14-13(12-24)11-17(22-21-14)23-6-2-9-28-10-8-23/h3-4,11,20H,2,5-10,12H2,1H3. The highest BCUT2D eigenvalue weighted by Gasteiger charge is 2.25. The minimum Gasteiger partial charge on any atom is -0.464 e. The number of nitrogens with zero attached hydrogens (tertiary/aromatic N) is 4. The predicted octanol–water partition coefficient (Wildman–Crippen LogP) is 1.02. The SMILES string of the molecule is COC(=O)c1ccc(C(=O)N2CCc3nnc(N4CCCOCC4)cc3C2)[nH]1. The molecule has 0 saturated carbocycles. The summed E-state index contributed by atoms with van der Waals surface area (Å²) < 4.78 is 10.2. The molecule has 9 heteroatoms. The molecule has 0 aromatic carbocycles. The molecule has 2 aromatic rings. The van der Waals surface area contributed by atoms with Crippen LogP contribution < -0.4 is 4.90 Å². The number of carbonyl (C=O) groups is 2. The lowest BCUT2D eigenvalue weighted by Crippen LogP contribution is -2.37. The second-order valence-corrected chi connectivity index (χ2v) is 6.88. The van der Waals surface area contributed by atoms with Gasteiger partial charge < -0.3 is 24.3 Å². The number of hydrogen-bond acceptors (Lipinski definition) is 7. The van der Waals surface area contributed by atoms with Crippen molar-refractivity contribution in [1.29, 1.82) is 0 Å². The number of anilines is 1. The van der Waals surface area contributed by atoms with E-state index in [2.05, 4.69) is 24.8 Å². The molecule has 0 atom stereocenters. The maximum Gasteiger partial charge on any atom is 0.354 e. The summed E-state index contributed by atoms with van der Waals surface area (Å²) in [6, 6.07) is 5.20. The number of H-pyrrole nitrogens is 1. The van der Waals surface area contributed by atoms with Gasteiger partial charge in [0.05, 0.1) is 19.4 Å². The van der Waals surface area contributed by atoms with Crippen LogP contribution in [0.1, 0.15) is 38.7 Å². The molecule has 2 aliphatic rings. The maximum absolute atomic E-state index is 12.8. The van der Waals surface area contributed by atoms with Gasteiger partial charge in [0.15, 0.2) is 5.82 Å². The Morgan fingerprint density at radius 2 is 2.00 bits per heavy atom. The number of aromatic amines is 1. The zero-order valence-electron chi connectivity index (χ0n) is 15.8. The molecular weight excluding hydrogens is 362 g/mol. The molecule has 0 radical (unpaired) electrons. The number of esters is 1. The first kappa shape index (κ1) is 18.4. The first-order valence-electron chi connectivity index (χ1n) is 9.40. The fourth-order valence-corrected chi connectivity index (χ4v) is 3.54. The van der Waals surface area contributed by atoms with E-state index in [1.165, 1.54) is 7.11 Å². The van der Waals surface area contributed by atoms with Gasteiger partial charge in [-0.05, 0) is 30.2 Å². The number of fused-ring (bicyclic) bond motifs is 1. The average molecular weight is 385 g/mol. The number of carbonyl (C=O) groups excluding carboxylic acids is 2. The molecule has 4 rings (SSSR count). The van der Waals surface area contributed by atoms with Gasteiger partial charge in [0.25, 0.3) is 5.91 Å². The number of aromatic nitrogens is 3. The van der Waals surface area contributed by atoms with Gasteiger partial charge >= 0.3 is 5.97 Å². The van der Waals surface area contributed by atoms with Crippen LogP contribution in [0.15, 0.2) is 18.2 Å². The van der Waals surface area contributed by atoms with Crippen LogP contribution >= 0.6 is 0 Å². The topological polar surface area (TPSA) is 101 Å². The van der Waals surface area contributed by atoms with Crippen LogP contribution in [0.25, 0.3) is 0 Å². The van der Waals surface area contributed by atoms with Gasteiger partial charge in [0.1, 0.15) is 11.4 Å². The van der Waals surface area contributed by atoms with Crippen LogP contribution in [0.2, 0.25) is 0 Å². The second-order valence-electron chi connectivity index (χ2n) is 6.88. The molecule has 1 amide bonds. The number of hydrogen-bond donors (Lipinski definition) is 1. The third kappa shape index (κ3) is 3.70. The van der Waals surface area contributed by atoms with E-state index in [1.54, 1.807) is 17.0 Å².